The Morgan fingerprint density at radius 2 is 1.88 bits per heavy atom. The molecule has 0 radical (unpaired) electrons. The summed E-state index contributed by atoms with van der Waals surface area (Å²) in [5.41, 5.74) is 1.68. The predicted molar refractivity (Wildman–Crippen MR) is 45.4 cm³/mol. The summed E-state index contributed by atoms with van der Waals surface area (Å²) < 4.78 is 25.3. The molecule has 1 rings (SSSR count). The molecule has 1 fully saturated rings. The molecular weight excluding hydrogens is 228 g/mol. The van der Waals surface area contributed by atoms with Gasteiger partial charge in [0.25, 0.3) is 11.8 Å². The molecule has 0 saturated heterocycles. The predicted octanol–water partition coefficient (Wildman–Crippen LogP) is -0.801. The van der Waals surface area contributed by atoms with Crippen LogP contribution in [0.25, 0.3) is 0 Å². The minimum Gasteiger partial charge on any atom is -0.465 e. The van der Waals surface area contributed by atoms with Crippen LogP contribution in [0.2, 0.25) is 0 Å². The Morgan fingerprint density at radius 1 is 1.31 bits per heavy atom. The number of hydrazine groups is 1. The van der Waals surface area contributed by atoms with Crippen molar-refractivity contribution >= 4 is 18.4 Å². The lowest BCUT2D eigenvalue weighted by Gasteiger charge is -2.44. The summed E-state index contributed by atoms with van der Waals surface area (Å²) >= 11 is 0. The van der Waals surface area contributed by atoms with E-state index in [1.165, 1.54) is 0 Å². The van der Waals surface area contributed by atoms with E-state index in [0.29, 0.717) is 0 Å². The molecule has 9 heteroatoms. The normalized spacial score (nSPS) is 20.1. The van der Waals surface area contributed by atoms with E-state index in [4.69, 9.17) is 5.11 Å². The smallest absolute Gasteiger partial charge is 0.405 e. The number of carbonyl (C=O) groups excluding carboxylic acids is 2. The van der Waals surface area contributed by atoms with Crippen LogP contribution in [0.3, 0.4) is 0 Å². The first-order valence-corrected chi connectivity index (χ1v) is 4.20. The van der Waals surface area contributed by atoms with Gasteiger partial charge in [-0.1, -0.05) is 0 Å². The minimum atomic E-state index is -3.08. The molecule has 90 valence electrons. The highest BCUT2D eigenvalue weighted by Gasteiger charge is 2.62. The van der Waals surface area contributed by atoms with Gasteiger partial charge in [-0.25, -0.2) is 13.6 Å². The van der Waals surface area contributed by atoms with Crippen LogP contribution < -0.4 is 16.2 Å². The van der Waals surface area contributed by atoms with E-state index in [1.807, 2.05) is 0 Å². The van der Waals surface area contributed by atoms with Gasteiger partial charge in [0.05, 0.1) is 0 Å². The lowest BCUT2D eigenvalue weighted by Crippen LogP contribution is -2.70. The summed E-state index contributed by atoms with van der Waals surface area (Å²) in [5, 5.41) is 10.2. The molecule has 3 amide bonds. The zero-order valence-electron chi connectivity index (χ0n) is 7.92. The Hall–Kier alpha value is -1.93. The summed E-state index contributed by atoms with van der Waals surface area (Å²) in [6.45, 7) is 0. The molecule has 0 bridgehead atoms. The van der Waals surface area contributed by atoms with E-state index >= 15 is 0 Å². The number of halogens is 2. The second-order valence-corrected chi connectivity index (χ2v) is 3.44. The number of hydrogen-bond acceptors (Lipinski definition) is 3. The van der Waals surface area contributed by atoms with Crippen LogP contribution in [0.5, 0.6) is 0 Å². The van der Waals surface area contributed by atoms with Crippen LogP contribution in [0.15, 0.2) is 0 Å². The average molecular weight is 237 g/mol. The highest BCUT2D eigenvalue weighted by molar-refractivity contribution is 5.91. The molecule has 0 aliphatic heterocycles. The number of rotatable bonds is 4. The van der Waals surface area contributed by atoms with Gasteiger partial charge in [-0.15, -0.1) is 0 Å². The van der Waals surface area contributed by atoms with Crippen LogP contribution in [0.1, 0.15) is 12.8 Å². The van der Waals surface area contributed by atoms with E-state index in [2.05, 4.69) is 0 Å². The van der Waals surface area contributed by atoms with E-state index in [0.717, 1.165) is 0 Å². The van der Waals surface area contributed by atoms with Crippen molar-refractivity contribution in [2.75, 3.05) is 0 Å². The van der Waals surface area contributed by atoms with E-state index < -0.39 is 36.3 Å². The van der Waals surface area contributed by atoms with Gasteiger partial charge in [0.2, 0.25) is 6.41 Å². The molecule has 7 nitrogen and oxygen atoms in total. The Kier molecular flexibility index (Phi) is 2.97. The first-order valence-electron chi connectivity index (χ1n) is 4.20. The van der Waals surface area contributed by atoms with Crippen molar-refractivity contribution in [3.8, 4) is 0 Å². The second-order valence-electron chi connectivity index (χ2n) is 3.44. The van der Waals surface area contributed by atoms with E-state index in [9.17, 15) is 23.2 Å². The fourth-order valence-electron chi connectivity index (χ4n) is 1.56. The zero-order valence-corrected chi connectivity index (χ0v) is 7.92. The van der Waals surface area contributed by atoms with Gasteiger partial charge in [0, 0.05) is 12.8 Å². The highest BCUT2D eigenvalue weighted by Crippen LogP contribution is 2.45. The Balaban J connectivity index is 2.70. The quantitative estimate of drug-likeness (QED) is 0.379. The van der Waals surface area contributed by atoms with Crippen molar-refractivity contribution in [3.05, 3.63) is 0 Å². The minimum absolute atomic E-state index is 0.128. The molecule has 0 heterocycles. The Labute approximate surface area is 88.2 Å². The molecule has 0 aromatic carbocycles. The van der Waals surface area contributed by atoms with Crippen molar-refractivity contribution in [2.24, 2.45) is 0 Å². The SMILES string of the molecule is O=CNNC(=O)C1(NC(=O)O)CC(F)(F)C1. The molecule has 4 N–H and O–H groups in total. The van der Waals surface area contributed by atoms with Crippen LogP contribution >= 0.6 is 0 Å². The third kappa shape index (κ3) is 2.35. The number of carboxylic acid groups (broad SMARTS) is 1. The average Bonchev–Trinajstić information content (AvgIpc) is 2.09. The fraction of sp³-hybridized carbons (Fsp3) is 0.571. The number of hydrogen-bond donors (Lipinski definition) is 4. The third-order valence-corrected chi connectivity index (χ3v) is 2.15. The first kappa shape index (κ1) is 12.1. The lowest BCUT2D eigenvalue weighted by atomic mass is 9.73. The van der Waals surface area contributed by atoms with Gasteiger partial charge >= 0.3 is 6.09 Å². The van der Waals surface area contributed by atoms with Gasteiger partial charge in [-0.3, -0.25) is 20.4 Å². The van der Waals surface area contributed by atoms with E-state index in [-0.39, 0.29) is 6.41 Å². The lowest BCUT2D eigenvalue weighted by molar-refractivity contribution is -0.162. The van der Waals surface area contributed by atoms with Gasteiger partial charge in [-0.05, 0) is 0 Å². The molecular formula is C7H9F2N3O4. The van der Waals surface area contributed by atoms with Gasteiger partial charge in [-0.2, -0.15) is 0 Å². The van der Waals surface area contributed by atoms with Gasteiger partial charge in [0.15, 0.2) is 0 Å². The highest BCUT2D eigenvalue weighted by atomic mass is 19.3. The van der Waals surface area contributed by atoms with Crippen LogP contribution in [0.4, 0.5) is 13.6 Å². The molecule has 0 spiro atoms. The maximum atomic E-state index is 12.7. The standard InChI is InChI=1S/C7H9F2N3O4/c8-7(9)1-6(2-7,11-5(15)16)4(14)12-10-3-13/h3,11H,1-2H2,(H,10,13)(H,12,14)(H,15,16). The van der Waals surface area contributed by atoms with Crippen molar-refractivity contribution in [3.63, 3.8) is 0 Å². The number of carbonyl (C=O) groups is 3. The van der Waals surface area contributed by atoms with Crippen molar-refractivity contribution in [1.82, 2.24) is 16.2 Å². The molecule has 0 aromatic heterocycles. The third-order valence-electron chi connectivity index (χ3n) is 2.15. The number of nitrogens with one attached hydrogen (secondary N) is 3. The summed E-state index contributed by atoms with van der Waals surface area (Å²) in [6, 6.07) is 0. The van der Waals surface area contributed by atoms with Crippen molar-refractivity contribution < 1.29 is 28.3 Å². The van der Waals surface area contributed by atoms with Crippen molar-refractivity contribution in [1.29, 1.82) is 0 Å². The molecule has 0 atom stereocenters. The summed E-state index contributed by atoms with van der Waals surface area (Å²) in [5.74, 6) is -4.10. The maximum absolute atomic E-state index is 12.7. The monoisotopic (exact) mass is 237 g/mol. The molecule has 1 aliphatic carbocycles. The summed E-state index contributed by atoms with van der Waals surface area (Å²) in [7, 11) is 0. The number of alkyl halides is 2. The zero-order chi connectivity index (χ0) is 12.4. The number of amides is 3. The maximum Gasteiger partial charge on any atom is 0.405 e. The molecule has 0 unspecified atom stereocenters. The van der Waals surface area contributed by atoms with Crippen molar-refractivity contribution in [2.45, 2.75) is 24.3 Å². The first-order chi connectivity index (χ1) is 7.31. The Bertz CT molecular complexity index is 326. The fourth-order valence-corrected chi connectivity index (χ4v) is 1.56. The summed E-state index contributed by atoms with van der Waals surface area (Å²) in [6.07, 6.45) is -3.32. The van der Waals surface area contributed by atoms with Gasteiger partial charge < -0.3 is 10.4 Å². The largest absolute Gasteiger partial charge is 0.465 e. The Morgan fingerprint density at radius 3 is 2.25 bits per heavy atom. The van der Waals surface area contributed by atoms with Crippen LogP contribution in [-0.4, -0.2) is 35.0 Å². The van der Waals surface area contributed by atoms with Crippen LogP contribution in [0, 0.1) is 0 Å². The molecule has 0 aromatic rings. The van der Waals surface area contributed by atoms with E-state index in [1.54, 1.807) is 16.2 Å². The molecule has 16 heavy (non-hydrogen) atoms. The summed E-state index contributed by atoms with van der Waals surface area (Å²) in [4.78, 5) is 31.6. The molecule has 1 saturated carbocycles. The van der Waals surface area contributed by atoms with Gasteiger partial charge in [0.1, 0.15) is 5.54 Å². The van der Waals surface area contributed by atoms with Crippen LogP contribution in [-0.2, 0) is 9.59 Å². The molecule has 1 aliphatic rings. The second kappa shape index (κ2) is 3.91. The topological polar surface area (TPSA) is 108 Å².